The number of aryl methyl sites for hydroxylation is 1. The number of likely N-dealkylation sites (tertiary alicyclic amines) is 1. The summed E-state index contributed by atoms with van der Waals surface area (Å²) in [5.41, 5.74) is -1.56. The third-order valence-electron chi connectivity index (χ3n) is 6.67. The number of piperidine rings is 1. The first-order valence-electron chi connectivity index (χ1n) is 11.9. The molecule has 0 aliphatic carbocycles. The largest absolute Gasteiger partial charge is 0.445 e. The highest BCUT2D eigenvalue weighted by Crippen LogP contribution is 2.36. The van der Waals surface area contributed by atoms with E-state index >= 15 is 0 Å². The van der Waals surface area contributed by atoms with E-state index in [0.29, 0.717) is 31.6 Å². The molecular weight excluding hydrogens is 490 g/mol. The van der Waals surface area contributed by atoms with Gasteiger partial charge < -0.3 is 9.64 Å². The Morgan fingerprint density at radius 1 is 0.917 bits per heavy atom. The molecular formula is C24H28F6N4O2. The summed E-state index contributed by atoms with van der Waals surface area (Å²) < 4.78 is 85.6. The van der Waals surface area contributed by atoms with Crippen LogP contribution in [0.4, 0.5) is 31.1 Å². The SMILES string of the molecule is CC(c1cc2n(n1)CCCN(C(=O)OCc1cc(C(F)(F)F)cc(C(F)(F)F)c1)C2)N1CCCCC1. The number of ether oxygens (including phenoxy) is 1. The van der Waals surface area contributed by atoms with Crippen molar-refractivity contribution < 1.29 is 35.9 Å². The highest BCUT2D eigenvalue weighted by Gasteiger charge is 2.37. The Bertz CT molecular complexity index is 1040. The minimum Gasteiger partial charge on any atom is -0.445 e. The number of hydrogen-bond donors (Lipinski definition) is 0. The first-order valence-corrected chi connectivity index (χ1v) is 11.9. The number of benzene rings is 1. The fraction of sp³-hybridized carbons (Fsp3) is 0.583. The molecule has 198 valence electrons. The minimum absolute atomic E-state index is 0.0454. The van der Waals surface area contributed by atoms with E-state index in [1.54, 1.807) is 0 Å². The Kier molecular flexibility index (Phi) is 7.53. The molecule has 1 atom stereocenters. The molecule has 1 fully saturated rings. The van der Waals surface area contributed by atoms with Crippen molar-refractivity contribution in [1.29, 1.82) is 0 Å². The van der Waals surface area contributed by atoms with Crippen LogP contribution in [0.3, 0.4) is 0 Å². The molecule has 3 heterocycles. The number of amides is 1. The summed E-state index contributed by atoms with van der Waals surface area (Å²) in [6.07, 6.45) is -6.64. The van der Waals surface area contributed by atoms with Crippen LogP contribution in [-0.4, -0.2) is 45.3 Å². The Hall–Kier alpha value is -2.76. The molecule has 6 nitrogen and oxygen atoms in total. The van der Waals surface area contributed by atoms with Gasteiger partial charge in [-0.2, -0.15) is 31.4 Å². The van der Waals surface area contributed by atoms with Gasteiger partial charge in [-0.15, -0.1) is 0 Å². The zero-order valence-corrected chi connectivity index (χ0v) is 19.8. The molecule has 2 aliphatic heterocycles. The van der Waals surface area contributed by atoms with Crippen LogP contribution in [0.1, 0.15) is 66.7 Å². The number of nitrogens with zero attached hydrogens (tertiary/aromatic N) is 4. The molecule has 1 saturated heterocycles. The van der Waals surface area contributed by atoms with Crippen molar-refractivity contribution in [3.8, 4) is 0 Å². The van der Waals surface area contributed by atoms with Crippen molar-refractivity contribution in [2.24, 2.45) is 0 Å². The molecule has 1 amide bonds. The first-order chi connectivity index (χ1) is 16.9. The number of halogens is 6. The molecule has 2 aliphatic rings. The van der Waals surface area contributed by atoms with Gasteiger partial charge in [0.2, 0.25) is 0 Å². The standard InChI is InChI=1S/C24H28F6N4O2/c1-16(32-6-3-2-4-7-32)21-13-20-14-33(8-5-9-34(20)31-21)22(35)36-15-17-10-18(23(25,26)27)12-19(11-17)24(28,29)30/h10-13,16H,2-9,14-15H2,1H3. The Balaban J connectivity index is 1.44. The lowest BCUT2D eigenvalue weighted by atomic mass is 10.1. The number of fused-ring (bicyclic) bond motifs is 1. The molecule has 2 aromatic rings. The smallest absolute Gasteiger partial charge is 0.416 e. The van der Waals surface area contributed by atoms with Gasteiger partial charge in [0, 0.05) is 13.1 Å². The lowest BCUT2D eigenvalue weighted by molar-refractivity contribution is -0.143. The molecule has 0 spiro atoms. The van der Waals surface area contributed by atoms with Gasteiger partial charge >= 0.3 is 18.4 Å². The number of alkyl halides is 6. The minimum atomic E-state index is -4.97. The van der Waals surface area contributed by atoms with E-state index in [9.17, 15) is 31.1 Å². The summed E-state index contributed by atoms with van der Waals surface area (Å²) >= 11 is 0. The molecule has 12 heteroatoms. The lowest BCUT2D eigenvalue weighted by Crippen LogP contribution is -2.32. The van der Waals surface area contributed by atoms with E-state index in [-0.39, 0.29) is 24.2 Å². The van der Waals surface area contributed by atoms with Crippen LogP contribution in [0.2, 0.25) is 0 Å². The Morgan fingerprint density at radius 3 is 2.17 bits per heavy atom. The maximum absolute atomic E-state index is 13.1. The van der Waals surface area contributed by atoms with Crippen molar-refractivity contribution in [3.05, 3.63) is 52.3 Å². The van der Waals surface area contributed by atoms with Crippen LogP contribution in [0.5, 0.6) is 0 Å². The van der Waals surface area contributed by atoms with Crippen LogP contribution >= 0.6 is 0 Å². The number of rotatable bonds is 4. The zero-order valence-electron chi connectivity index (χ0n) is 19.8. The molecule has 0 radical (unpaired) electrons. The van der Waals surface area contributed by atoms with Gasteiger partial charge in [0.25, 0.3) is 0 Å². The lowest BCUT2D eigenvalue weighted by Gasteiger charge is -2.31. The fourth-order valence-electron chi connectivity index (χ4n) is 4.68. The average molecular weight is 519 g/mol. The van der Waals surface area contributed by atoms with E-state index in [4.69, 9.17) is 9.84 Å². The summed E-state index contributed by atoms with van der Waals surface area (Å²) in [6, 6.07) is 3.26. The van der Waals surface area contributed by atoms with E-state index in [2.05, 4.69) is 11.8 Å². The van der Waals surface area contributed by atoms with Crippen molar-refractivity contribution in [2.75, 3.05) is 19.6 Å². The zero-order chi connectivity index (χ0) is 26.1. The molecule has 0 N–H and O–H groups in total. The predicted octanol–water partition coefficient (Wildman–Crippen LogP) is 6.01. The molecule has 1 unspecified atom stereocenters. The van der Waals surface area contributed by atoms with Crippen molar-refractivity contribution in [3.63, 3.8) is 0 Å². The van der Waals surface area contributed by atoms with Gasteiger partial charge in [-0.05, 0) is 69.1 Å². The van der Waals surface area contributed by atoms with Crippen molar-refractivity contribution in [2.45, 2.75) is 70.7 Å². The predicted molar refractivity (Wildman–Crippen MR) is 118 cm³/mol. The fourth-order valence-corrected chi connectivity index (χ4v) is 4.68. The van der Waals surface area contributed by atoms with Crippen LogP contribution in [0, 0.1) is 0 Å². The van der Waals surface area contributed by atoms with Crippen LogP contribution in [0.15, 0.2) is 24.3 Å². The second kappa shape index (κ2) is 10.3. The highest BCUT2D eigenvalue weighted by atomic mass is 19.4. The van der Waals surface area contributed by atoms with E-state index in [0.717, 1.165) is 37.3 Å². The van der Waals surface area contributed by atoms with Gasteiger partial charge in [-0.1, -0.05) is 6.42 Å². The monoisotopic (exact) mass is 518 g/mol. The molecule has 4 rings (SSSR count). The van der Waals surface area contributed by atoms with Crippen molar-refractivity contribution in [1.82, 2.24) is 19.6 Å². The van der Waals surface area contributed by atoms with E-state index in [1.165, 1.54) is 11.3 Å². The second-order valence-corrected chi connectivity index (χ2v) is 9.30. The molecule has 0 bridgehead atoms. The van der Waals surface area contributed by atoms with Gasteiger partial charge in [0.1, 0.15) is 6.61 Å². The molecule has 0 saturated carbocycles. The molecule has 1 aromatic heterocycles. The third kappa shape index (κ3) is 6.13. The Labute approximate surface area is 204 Å². The third-order valence-corrected chi connectivity index (χ3v) is 6.67. The summed E-state index contributed by atoms with van der Waals surface area (Å²) in [7, 11) is 0. The summed E-state index contributed by atoms with van der Waals surface area (Å²) in [5, 5.41) is 4.72. The van der Waals surface area contributed by atoms with Gasteiger partial charge in [0.15, 0.2) is 0 Å². The summed E-state index contributed by atoms with van der Waals surface area (Å²) in [4.78, 5) is 16.5. The molecule has 1 aromatic carbocycles. The van der Waals surface area contributed by atoms with E-state index < -0.39 is 36.2 Å². The summed E-state index contributed by atoms with van der Waals surface area (Å²) in [5.74, 6) is 0. The average Bonchev–Trinajstić information content (AvgIpc) is 3.12. The Morgan fingerprint density at radius 2 is 1.56 bits per heavy atom. The van der Waals surface area contributed by atoms with E-state index in [1.807, 2.05) is 10.7 Å². The van der Waals surface area contributed by atoms with Crippen LogP contribution in [-0.2, 0) is 36.8 Å². The second-order valence-electron chi connectivity index (χ2n) is 9.30. The normalized spacial score (nSPS) is 18.5. The van der Waals surface area contributed by atoms with Crippen LogP contribution in [0.25, 0.3) is 0 Å². The first kappa shape index (κ1) is 26.3. The summed E-state index contributed by atoms with van der Waals surface area (Å²) in [6.45, 7) is 4.52. The van der Waals surface area contributed by atoms with Crippen LogP contribution < -0.4 is 0 Å². The number of aromatic nitrogens is 2. The maximum Gasteiger partial charge on any atom is 0.416 e. The topological polar surface area (TPSA) is 50.6 Å². The number of carbonyl (C=O) groups excluding carboxylic acids is 1. The van der Waals surface area contributed by atoms with Gasteiger partial charge in [-0.3, -0.25) is 9.58 Å². The van der Waals surface area contributed by atoms with Gasteiger partial charge in [0.05, 0.1) is 35.1 Å². The molecule has 36 heavy (non-hydrogen) atoms. The highest BCUT2D eigenvalue weighted by molar-refractivity contribution is 5.67. The number of hydrogen-bond acceptors (Lipinski definition) is 4. The quantitative estimate of drug-likeness (QED) is 0.466. The maximum atomic E-state index is 13.1. The van der Waals surface area contributed by atoms with Crippen molar-refractivity contribution >= 4 is 6.09 Å². The van der Waals surface area contributed by atoms with Gasteiger partial charge in [-0.25, -0.2) is 4.79 Å². The number of carbonyl (C=O) groups is 1.